The number of nitrogens with zero attached hydrogens (tertiary/aromatic N) is 2. The molecule has 5 nitrogen and oxygen atoms in total. The fourth-order valence-electron chi connectivity index (χ4n) is 2.88. The molecule has 27 heavy (non-hydrogen) atoms. The van der Waals surface area contributed by atoms with Gasteiger partial charge in [-0.15, -0.1) is 0 Å². The fourth-order valence-corrected chi connectivity index (χ4v) is 2.88. The van der Waals surface area contributed by atoms with Crippen LogP contribution < -0.4 is 5.32 Å². The summed E-state index contributed by atoms with van der Waals surface area (Å²) >= 11 is 0. The zero-order valence-corrected chi connectivity index (χ0v) is 14.9. The van der Waals surface area contributed by atoms with Crippen molar-refractivity contribution >= 4 is 5.91 Å². The lowest BCUT2D eigenvalue weighted by atomic mass is 10.0. The lowest BCUT2D eigenvalue weighted by molar-refractivity contribution is -0.132. The summed E-state index contributed by atoms with van der Waals surface area (Å²) < 4.78 is 34.2. The van der Waals surface area contributed by atoms with Crippen molar-refractivity contribution in [3.05, 3.63) is 89.5 Å². The largest absolute Gasteiger partial charge is 0.367 e. The lowest BCUT2D eigenvalue weighted by Gasteiger charge is -2.23. The summed E-state index contributed by atoms with van der Waals surface area (Å²) in [5.74, 6) is -1.88. The Morgan fingerprint density at radius 1 is 1.11 bits per heavy atom. The SMILES string of the molecule is CO[C@H](C(=O)N[C@H](c1ccc(F)c(F)c1)c1nccn1C)c1ccccc1. The summed E-state index contributed by atoms with van der Waals surface area (Å²) in [5, 5.41) is 2.84. The number of methoxy groups -OCH3 is 1. The van der Waals surface area contributed by atoms with E-state index in [0.717, 1.165) is 12.1 Å². The topological polar surface area (TPSA) is 56.1 Å². The Balaban J connectivity index is 1.95. The van der Waals surface area contributed by atoms with Crippen LogP contribution in [0.25, 0.3) is 0 Å². The summed E-state index contributed by atoms with van der Waals surface area (Å²) in [6, 6.07) is 11.7. The van der Waals surface area contributed by atoms with Gasteiger partial charge in [-0.3, -0.25) is 4.79 Å². The van der Waals surface area contributed by atoms with Crippen LogP contribution >= 0.6 is 0 Å². The molecule has 0 saturated heterocycles. The van der Waals surface area contributed by atoms with E-state index in [-0.39, 0.29) is 0 Å². The van der Waals surface area contributed by atoms with E-state index < -0.39 is 29.7 Å². The molecule has 0 fully saturated rings. The lowest BCUT2D eigenvalue weighted by Crippen LogP contribution is -2.35. The van der Waals surface area contributed by atoms with E-state index in [1.807, 2.05) is 6.07 Å². The minimum Gasteiger partial charge on any atom is -0.367 e. The second-order valence-corrected chi connectivity index (χ2v) is 6.04. The molecular formula is C20H19F2N3O2. The molecule has 0 radical (unpaired) electrons. The Hall–Kier alpha value is -3.06. The number of ether oxygens (including phenoxy) is 1. The molecule has 1 amide bonds. The van der Waals surface area contributed by atoms with E-state index in [1.165, 1.54) is 13.2 Å². The number of nitrogens with one attached hydrogen (secondary N) is 1. The van der Waals surface area contributed by atoms with E-state index in [2.05, 4.69) is 10.3 Å². The molecule has 0 aliphatic carbocycles. The van der Waals surface area contributed by atoms with Crippen molar-refractivity contribution in [2.45, 2.75) is 12.1 Å². The van der Waals surface area contributed by atoms with E-state index in [0.29, 0.717) is 17.0 Å². The van der Waals surface area contributed by atoms with Gasteiger partial charge in [-0.1, -0.05) is 36.4 Å². The van der Waals surface area contributed by atoms with Crippen molar-refractivity contribution in [3.63, 3.8) is 0 Å². The van der Waals surface area contributed by atoms with Gasteiger partial charge in [-0.05, 0) is 23.3 Å². The summed E-state index contributed by atoms with van der Waals surface area (Å²) in [5.41, 5.74) is 1.06. The molecule has 2 aromatic carbocycles. The second-order valence-electron chi connectivity index (χ2n) is 6.04. The molecule has 2 atom stereocenters. The summed E-state index contributed by atoms with van der Waals surface area (Å²) in [4.78, 5) is 17.1. The third kappa shape index (κ3) is 4.03. The maximum atomic E-state index is 13.8. The van der Waals surface area contributed by atoms with Crippen LogP contribution in [0.1, 0.15) is 29.1 Å². The highest BCUT2D eigenvalue weighted by molar-refractivity contribution is 5.83. The van der Waals surface area contributed by atoms with Crippen LogP contribution in [0.15, 0.2) is 60.9 Å². The van der Waals surface area contributed by atoms with E-state index in [4.69, 9.17) is 4.74 Å². The average Bonchev–Trinajstić information content (AvgIpc) is 3.09. The first-order valence-electron chi connectivity index (χ1n) is 8.31. The van der Waals surface area contributed by atoms with E-state index in [9.17, 15) is 13.6 Å². The normalized spacial score (nSPS) is 13.2. The number of benzene rings is 2. The summed E-state index contributed by atoms with van der Waals surface area (Å²) in [6.07, 6.45) is 2.43. The highest BCUT2D eigenvalue weighted by atomic mass is 19.2. The number of imidazole rings is 1. The quantitative estimate of drug-likeness (QED) is 0.723. The van der Waals surface area contributed by atoms with Gasteiger partial charge >= 0.3 is 0 Å². The van der Waals surface area contributed by atoms with Crippen molar-refractivity contribution in [2.75, 3.05) is 7.11 Å². The number of amides is 1. The van der Waals surface area contributed by atoms with Gasteiger partial charge in [0.05, 0.1) is 0 Å². The molecule has 0 unspecified atom stereocenters. The maximum absolute atomic E-state index is 13.8. The van der Waals surface area contributed by atoms with Gasteiger partial charge < -0.3 is 14.6 Å². The molecule has 0 saturated carbocycles. The first-order valence-corrected chi connectivity index (χ1v) is 8.31. The Bertz CT molecular complexity index is 928. The van der Waals surface area contributed by atoms with Gasteiger partial charge in [0.25, 0.3) is 5.91 Å². The third-order valence-electron chi connectivity index (χ3n) is 4.26. The zero-order chi connectivity index (χ0) is 19.4. The number of hydrogen-bond acceptors (Lipinski definition) is 3. The van der Waals surface area contributed by atoms with Crippen molar-refractivity contribution < 1.29 is 18.3 Å². The Morgan fingerprint density at radius 3 is 2.44 bits per heavy atom. The Morgan fingerprint density at radius 2 is 1.85 bits per heavy atom. The van der Waals surface area contributed by atoms with Crippen molar-refractivity contribution in [1.29, 1.82) is 0 Å². The molecule has 140 valence electrons. The number of hydrogen-bond donors (Lipinski definition) is 1. The number of rotatable bonds is 6. The van der Waals surface area contributed by atoms with Crippen molar-refractivity contribution in [1.82, 2.24) is 14.9 Å². The van der Waals surface area contributed by atoms with Crippen LogP contribution in [0.4, 0.5) is 8.78 Å². The van der Waals surface area contributed by atoms with Crippen LogP contribution in [0.3, 0.4) is 0 Å². The number of aryl methyl sites for hydroxylation is 1. The van der Waals surface area contributed by atoms with Gasteiger partial charge in [0.2, 0.25) is 0 Å². The van der Waals surface area contributed by atoms with Crippen molar-refractivity contribution in [3.8, 4) is 0 Å². The molecule has 1 heterocycles. The molecule has 3 rings (SSSR count). The van der Waals surface area contributed by atoms with E-state index in [1.54, 1.807) is 48.3 Å². The Labute approximate surface area is 155 Å². The van der Waals surface area contributed by atoms with Crippen LogP contribution in [-0.4, -0.2) is 22.6 Å². The fraction of sp³-hybridized carbons (Fsp3) is 0.200. The minimum absolute atomic E-state index is 0.375. The second kappa shape index (κ2) is 8.09. The standard InChI is InChI=1S/C20H19F2N3O2/c1-25-11-10-23-19(25)17(14-8-9-15(21)16(22)12-14)24-20(26)18(27-2)13-6-4-3-5-7-13/h3-12,17-18H,1-2H3,(H,24,26)/t17-,18+/m1/s1. The molecule has 0 aliphatic rings. The monoisotopic (exact) mass is 371 g/mol. The first-order chi connectivity index (χ1) is 13.0. The van der Waals surface area contributed by atoms with E-state index >= 15 is 0 Å². The number of carbonyl (C=O) groups is 1. The predicted molar refractivity (Wildman–Crippen MR) is 95.7 cm³/mol. The maximum Gasteiger partial charge on any atom is 0.254 e. The number of halogens is 2. The molecule has 1 N–H and O–H groups in total. The van der Waals surface area contributed by atoms with Crippen LogP contribution in [-0.2, 0) is 16.6 Å². The highest BCUT2D eigenvalue weighted by Gasteiger charge is 2.27. The highest BCUT2D eigenvalue weighted by Crippen LogP contribution is 2.25. The molecular weight excluding hydrogens is 352 g/mol. The molecule has 7 heteroatoms. The number of carbonyl (C=O) groups excluding carboxylic acids is 1. The van der Waals surface area contributed by atoms with Crippen LogP contribution in [0.5, 0.6) is 0 Å². The summed E-state index contributed by atoms with van der Waals surface area (Å²) in [7, 11) is 3.19. The molecule has 0 spiro atoms. The van der Waals surface area contributed by atoms with Crippen LogP contribution in [0, 0.1) is 11.6 Å². The first kappa shape index (κ1) is 18.7. The predicted octanol–water partition coefficient (Wildman–Crippen LogP) is 3.29. The average molecular weight is 371 g/mol. The molecule has 0 bridgehead atoms. The molecule has 0 aliphatic heterocycles. The van der Waals surface area contributed by atoms with Crippen molar-refractivity contribution in [2.24, 2.45) is 7.05 Å². The summed E-state index contributed by atoms with van der Waals surface area (Å²) in [6.45, 7) is 0. The van der Waals surface area contributed by atoms with Gasteiger partial charge in [-0.25, -0.2) is 13.8 Å². The molecule has 1 aromatic heterocycles. The van der Waals surface area contributed by atoms with Gasteiger partial charge in [0.15, 0.2) is 17.7 Å². The Kier molecular flexibility index (Phi) is 5.61. The van der Waals surface area contributed by atoms with Gasteiger partial charge in [0.1, 0.15) is 11.9 Å². The van der Waals surface area contributed by atoms with Gasteiger partial charge in [0, 0.05) is 26.6 Å². The van der Waals surface area contributed by atoms with Crippen LogP contribution in [0.2, 0.25) is 0 Å². The third-order valence-corrected chi connectivity index (χ3v) is 4.26. The zero-order valence-electron chi connectivity index (χ0n) is 14.9. The molecule has 3 aromatic rings. The smallest absolute Gasteiger partial charge is 0.254 e. The van der Waals surface area contributed by atoms with Gasteiger partial charge in [-0.2, -0.15) is 0 Å². The number of aromatic nitrogens is 2. The minimum atomic E-state index is -0.993.